The molecule has 9 heteroatoms. The first-order chi connectivity index (χ1) is 20.1. The lowest BCUT2D eigenvalue weighted by Gasteiger charge is -2.40. The molecule has 3 heterocycles. The maximum atomic E-state index is 15.5. The van der Waals surface area contributed by atoms with E-state index >= 15 is 4.39 Å². The maximum Gasteiger partial charge on any atom is 0.175 e. The zero-order chi connectivity index (χ0) is 30.0. The number of fused-ring (bicyclic) bond motifs is 1. The summed E-state index contributed by atoms with van der Waals surface area (Å²) in [6, 6.07) is 5.56. The second-order valence-electron chi connectivity index (χ2n) is 11.6. The van der Waals surface area contributed by atoms with Crippen molar-refractivity contribution in [3.8, 4) is 11.8 Å². The number of piperazine rings is 1. The van der Waals surface area contributed by atoms with Crippen LogP contribution in [-0.4, -0.2) is 40.9 Å². The minimum absolute atomic E-state index is 0.0823. The lowest BCUT2D eigenvalue weighted by molar-refractivity contribution is 0.198. The fraction of sp³-hybridized carbons (Fsp3) is 0.394. The zero-order valence-corrected chi connectivity index (χ0v) is 24.8. The Hall–Kier alpha value is -4.16. The van der Waals surface area contributed by atoms with E-state index in [1.807, 2.05) is 25.2 Å². The zero-order valence-electron chi connectivity index (χ0n) is 24.8. The van der Waals surface area contributed by atoms with Gasteiger partial charge >= 0.3 is 0 Å². The first kappa shape index (κ1) is 29.3. The van der Waals surface area contributed by atoms with E-state index in [1.165, 1.54) is 11.8 Å². The van der Waals surface area contributed by atoms with E-state index in [0.29, 0.717) is 30.1 Å². The molecular formula is C33H38F2N6O. The molecule has 0 spiro atoms. The largest absolute Gasteiger partial charge is 0.457 e. The minimum Gasteiger partial charge on any atom is -0.457 e. The van der Waals surface area contributed by atoms with Crippen molar-refractivity contribution in [2.45, 2.75) is 59.5 Å². The highest BCUT2D eigenvalue weighted by molar-refractivity contribution is 6.04. The van der Waals surface area contributed by atoms with Gasteiger partial charge in [-0.15, -0.1) is 0 Å². The quantitative estimate of drug-likeness (QED) is 0.389. The highest BCUT2D eigenvalue weighted by Gasteiger charge is 2.27. The SMILES string of the molecule is Cc1cc2c(F)c(O/C3=C(C#N)/C(NC4=C/C=C(/N5C[C@@H](C)N[C@@H](C)C5)C(C)CC=C4)=N\C=C\CC3C)cc(F)c2[nH]1. The molecule has 1 aliphatic carbocycles. The standard InChI is InChI=1S/C33H38F2N6O/c1-19-8-6-10-24(11-12-28(19)41-17-22(4)38-23(5)18-41)40-33-26(16-36)32(20(2)9-7-13-37-33)42-29-15-27(34)31-25(30(29)35)14-21(3)39-31/h6-7,10-15,19-20,22-23,38-39H,8-9,17-18H2,1-5H3,(H,37,40)/b10-6?,13-7+,24-11?,28-12+,32-26+/t19?,20?,22-,23+. The number of hydrogen-bond donors (Lipinski definition) is 3. The van der Waals surface area contributed by atoms with Crippen molar-refractivity contribution in [3.05, 3.63) is 88.8 Å². The van der Waals surface area contributed by atoms with Crippen LogP contribution in [0.2, 0.25) is 0 Å². The van der Waals surface area contributed by atoms with Gasteiger partial charge in [-0.3, -0.25) is 0 Å². The number of nitrogens with one attached hydrogen (secondary N) is 3. The molecule has 0 radical (unpaired) electrons. The van der Waals surface area contributed by atoms with Gasteiger partial charge in [0, 0.05) is 65.8 Å². The Morgan fingerprint density at radius 3 is 2.52 bits per heavy atom. The van der Waals surface area contributed by atoms with Crippen molar-refractivity contribution >= 4 is 16.7 Å². The molecule has 7 nitrogen and oxygen atoms in total. The maximum absolute atomic E-state index is 15.5. The van der Waals surface area contributed by atoms with Crippen LogP contribution in [0, 0.1) is 41.7 Å². The van der Waals surface area contributed by atoms with Gasteiger partial charge in [0.15, 0.2) is 23.2 Å². The summed E-state index contributed by atoms with van der Waals surface area (Å²) in [6.07, 6.45) is 13.1. The van der Waals surface area contributed by atoms with Crippen LogP contribution in [0.5, 0.6) is 5.75 Å². The molecule has 1 saturated heterocycles. The van der Waals surface area contributed by atoms with Crippen LogP contribution in [-0.2, 0) is 0 Å². The number of ether oxygens (including phenoxy) is 1. The predicted octanol–water partition coefficient (Wildman–Crippen LogP) is 6.50. The van der Waals surface area contributed by atoms with Crippen molar-refractivity contribution in [1.82, 2.24) is 20.5 Å². The number of aliphatic imine (C=N–C) groups is 1. The molecule has 2 aromatic rings. The molecule has 1 aromatic heterocycles. The molecule has 3 N–H and O–H groups in total. The number of benzene rings is 1. The van der Waals surface area contributed by atoms with E-state index in [1.54, 1.807) is 13.1 Å². The third-order valence-electron chi connectivity index (χ3n) is 7.87. The number of hydrogen-bond acceptors (Lipinski definition) is 6. The Kier molecular flexibility index (Phi) is 8.64. The third-order valence-corrected chi connectivity index (χ3v) is 7.87. The average molecular weight is 573 g/mol. The van der Waals surface area contributed by atoms with Crippen LogP contribution in [0.1, 0.15) is 46.2 Å². The van der Waals surface area contributed by atoms with E-state index in [2.05, 4.69) is 64.5 Å². The summed E-state index contributed by atoms with van der Waals surface area (Å²) >= 11 is 0. The number of rotatable bonds is 4. The number of amidine groups is 1. The highest BCUT2D eigenvalue weighted by atomic mass is 19.1. The van der Waals surface area contributed by atoms with Gasteiger partial charge in [0.25, 0.3) is 0 Å². The average Bonchev–Trinajstić information content (AvgIpc) is 3.33. The first-order valence-electron chi connectivity index (χ1n) is 14.5. The number of allylic oxidation sites excluding steroid dienone is 7. The molecule has 3 aliphatic rings. The monoisotopic (exact) mass is 572 g/mol. The van der Waals surface area contributed by atoms with Crippen molar-refractivity contribution in [2.75, 3.05) is 13.1 Å². The fourth-order valence-electron chi connectivity index (χ4n) is 5.90. The Morgan fingerprint density at radius 2 is 1.79 bits per heavy atom. The lowest BCUT2D eigenvalue weighted by Crippen LogP contribution is -2.54. The van der Waals surface area contributed by atoms with Crippen molar-refractivity contribution in [2.24, 2.45) is 16.8 Å². The van der Waals surface area contributed by atoms with E-state index in [-0.39, 0.29) is 39.7 Å². The van der Waals surface area contributed by atoms with Crippen LogP contribution in [0.3, 0.4) is 0 Å². The van der Waals surface area contributed by atoms with Crippen molar-refractivity contribution in [3.63, 3.8) is 0 Å². The Balaban J connectivity index is 1.49. The number of halogens is 2. The van der Waals surface area contributed by atoms with Crippen LogP contribution in [0.4, 0.5) is 8.78 Å². The van der Waals surface area contributed by atoms with Gasteiger partial charge in [-0.25, -0.2) is 13.8 Å². The summed E-state index contributed by atoms with van der Waals surface area (Å²) < 4.78 is 36.4. The normalized spacial score (nSPS) is 30.0. The van der Waals surface area contributed by atoms with Crippen LogP contribution >= 0.6 is 0 Å². The molecule has 4 atom stereocenters. The van der Waals surface area contributed by atoms with Crippen molar-refractivity contribution in [1.29, 1.82) is 5.26 Å². The number of H-pyrrole nitrogens is 1. The molecule has 42 heavy (non-hydrogen) atoms. The Labute approximate surface area is 246 Å². The van der Waals surface area contributed by atoms with Crippen LogP contribution < -0.4 is 15.4 Å². The van der Waals surface area contributed by atoms with Gasteiger partial charge in [0.1, 0.15) is 17.4 Å². The van der Waals surface area contributed by atoms with Crippen molar-refractivity contribution < 1.29 is 13.5 Å². The lowest BCUT2D eigenvalue weighted by atomic mass is 9.97. The highest BCUT2D eigenvalue weighted by Crippen LogP contribution is 2.33. The topological polar surface area (TPSA) is 88.5 Å². The van der Waals surface area contributed by atoms with Gasteiger partial charge in [-0.1, -0.05) is 26.0 Å². The smallest absolute Gasteiger partial charge is 0.175 e. The molecule has 1 aromatic carbocycles. The van der Waals surface area contributed by atoms with E-state index < -0.39 is 11.6 Å². The van der Waals surface area contributed by atoms with Gasteiger partial charge < -0.3 is 25.3 Å². The summed E-state index contributed by atoms with van der Waals surface area (Å²) in [7, 11) is 0. The molecule has 2 aliphatic heterocycles. The number of nitriles is 1. The Morgan fingerprint density at radius 1 is 1.05 bits per heavy atom. The summed E-state index contributed by atoms with van der Waals surface area (Å²) in [5, 5.41) is 17.3. The van der Waals surface area contributed by atoms with Crippen LogP contribution in [0.25, 0.3) is 10.9 Å². The first-order valence-corrected chi connectivity index (χ1v) is 14.5. The van der Waals surface area contributed by atoms with E-state index in [9.17, 15) is 9.65 Å². The molecule has 5 rings (SSSR count). The molecule has 1 fully saturated rings. The second-order valence-corrected chi connectivity index (χ2v) is 11.6. The minimum atomic E-state index is -0.689. The number of aromatic nitrogens is 1. The van der Waals surface area contributed by atoms with Gasteiger partial charge in [-0.05, 0) is 63.8 Å². The number of aryl methyl sites for hydroxylation is 1. The molecule has 2 unspecified atom stereocenters. The van der Waals surface area contributed by atoms with Crippen LogP contribution in [0.15, 0.2) is 76.4 Å². The van der Waals surface area contributed by atoms with Gasteiger partial charge in [-0.2, -0.15) is 5.26 Å². The Bertz CT molecular complexity index is 1580. The van der Waals surface area contributed by atoms with Gasteiger partial charge in [0.05, 0.1) is 5.52 Å². The fourth-order valence-corrected chi connectivity index (χ4v) is 5.90. The number of aromatic amines is 1. The third kappa shape index (κ3) is 6.19. The van der Waals surface area contributed by atoms with Gasteiger partial charge in [0.2, 0.25) is 0 Å². The predicted molar refractivity (Wildman–Crippen MR) is 162 cm³/mol. The number of nitrogens with zero attached hydrogens (tertiary/aromatic N) is 3. The molecule has 220 valence electrons. The molecule has 0 saturated carbocycles. The molecular weight excluding hydrogens is 534 g/mol. The summed E-state index contributed by atoms with van der Waals surface area (Å²) in [5.41, 5.74) is 2.87. The summed E-state index contributed by atoms with van der Waals surface area (Å²) in [4.78, 5) is 9.82. The summed E-state index contributed by atoms with van der Waals surface area (Å²) in [5.74, 6) is -1.03. The van der Waals surface area contributed by atoms with E-state index in [0.717, 1.165) is 31.3 Å². The summed E-state index contributed by atoms with van der Waals surface area (Å²) in [6.45, 7) is 12.1. The molecule has 0 bridgehead atoms. The second kappa shape index (κ2) is 12.4. The van der Waals surface area contributed by atoms with E-state index in [4.69, 9.17) is 4.74 Å². The molecule has 0 amide bonds.